The second kappa shape index (κ2) is 8.91. The Labute approximate surface area is 202 Å². The maximum atomic E-state index is 13.2. The van der Waals surface area contributed by atoms with Gasteiger partial charge in [0, 0.05) is 34.8 Å². The molecule has 0 atom stereocenters. The second-order valence-electron chi connectivity index (χ2n) is 8.20. The average molecular weight is 478 g/mol. The highest BCUT2D eigenvalue weighted by Crippen LogP contribution is 2.39. The zero-order valence-corrected chi connectivity index (χ0v) is 19.9. The van der Waals surface area contributed by atoms with Crippen LogP contribution < -0.4 is 14.8 Å². The molecule has 0 fully saturated rings. The molecule has 0 spiro atoms. The number of amides is 1. The van der Waals surface area contributed by atoms with Gasteiger partial charge in [0.2, 0.25) is 0 Å². The summed E-state index contributed by atoms with van der Waals surface area (Å²) in [5.74, 6) is 1.86. The van der Waals surface area contributed by atoms with Crippen LogP contribution in [0.25, 0.3) is 11.3 Å². The van der Waals surface area contributed by atoms with Crippen LogP contribution in [0.3, 0.4) is 0 Å². The fraction of sp³-hybridized carbons (Fsp3) is 0.231. The van der Waals surface area contributed by atoms with E-state index in [1.54, 1.807) is 32.4 Å². The molecule has 1 N–H and O–H groups in total. The van der Waals surface area contributed by atoms with E-state index in [-0.39, 0.29) is 11.7 Å². The summed E-state index contributed by atoms with van der Waals surface area (Å²) in [6.07, 6.45) is 3.59. The van der Waals surface area contributed by atoms with Crippen LogP contribution in [0.4, 0.5) is 5.69 Å². The van der Waals surface area contributed by atoms with Crippen LogP contribution in [0.1, 0.15) is 33.0 Å². The average Bonchev–Trinajstić information content (AvgIpc) is 3.40. The van der Waals surface area contributed by atoms with Crippen molar-refractivity contribution in [2.75, 3.05) is 19.5 Å². The summed E-state index contributed by atoms with van der Waals surface area (Å²) in [4.78, 5) is 13.2. The number of hydrogen-bond donors (Lipinski definition) is 1. The molecule has 2 aromatic heterocycles. The van der Waals surface area contributed by atoms with E-state index in [0.717, 1.165) is 40.1 Å². The highest BCUT2D eigenvalue weighted by atomic mass is 35.5. The standard InChI is InChI=1S/C26H24ClN3O4/c1-15-23-22(34-25(15)26(31)28-20-12-19(32-2)9-11-21(20)33-3)10-6-17-14-30(29-24(17)23)13-16-4-7-18(27)8-5-16/h4-5,7-9,11-12,14H,6,10,13H2,1-3H3,(H,28,31). The molecule has 0 saturated heterocycles. The molecule has 0 radical (unpaired) electrons. The summed E-state index contributed by atoms with van der Waals surface area (Å²) in [5, 5.41) is 8.44. The third-order valence-electron chi connectivity index (χ3n) is 6.03. The fourth-order valence-corrected chi connectivity index (χ4v) is 4.45. The summed E-state index contributed by atoms with van der Waals surface area (Å²) in [7, 11) is 3.12. The number of rotatable bonds is 6. The first-order chi connectivity index (χ1) is 16.5. The topological polar surface area (TPSA) is 78.5 Å². The summed E-state index contributed by atoms with van der Waals surface area (Å²) >= 11 is 6.00. The Balaban J connectivity index is 1.44. The zero-order valence-electron chi connectivity index (χ0n) is 19.1. The Kier molecular flexibility index (Phi) is 5.79. The van der Waals surface area contributed by atoms with Gasteiger partial charge in [-0.05, 0) is 48.7 Å². The van der Waals surface area contributed by atoms with Crippen LogP contribution in [0, 0.1) is 6.92 Å². The maximum Gasteiger partial charge on any atom is 0.291 e. The van der Waals surface area contributed by atoms with Gasteiger partial charge in [0.05, 0.1) is 32.1 Å². The second-order valence-corrected chi connectivity index (χ2v) is 8.64. The van der Waals surface area contributed by atoms with E-state index < -0.39 is 0 Å². The number of ether oxygens (including phenoxy) is 2. The van der Waals surface area contributed by atoms with E-state index in [0.29, 0.717) is 35.2 Å². The number of aromatic nitrogens is 2. The smallest absolute Gasteiger partial charge is 0.291 e. The molecule has 7 nitrogen and oxygen atoms in total. The van der Waals surface area contributed by atoms with Crippen LogP contribution in [0.2, 0.25) is 5.02 Å². The van der Waals surface area contributed by atoms with Gasteiger partial charge in [-0.3, -0.25) is 9.48 Å². The molecule has 4 aromatic rings. The number of methoxy groups -OCH3 is 2. The van der Waals surface area contributed by atoms with Gasteiger partial charge < -0.3 is 19.2 Å². The molecule has 0 aliphatic heterocycles. The minimum atomic E-state index is -0.347. The van der Waals surface area contributed by atoms with Crippen molar-refractivity contribution in [1.29, 1.82) is 0 Å². The molecule has 2 heterocycles. The van der Waals surface area contributed by atoms with Gasteiger partial charge in [-0.1, -0.05) is 23.7 Å². The highest BCUT2D eigenvalue weighted by molar-refractivity contribution is 6.30. The van der Waals surface area contributed by atoms with E-state index in [2.05, 4.69) is 11.5 Å². The minimum absolute atomic E-state index is 0.273. The molecular weight excluding hydrogens is 454 g/mol. The van der Waals surface area contributed by atoms with Crippen molar-refractivity contribution in [2.24, 2.45) is 0 Å². The normalized spacial score (nSPS) is 12.1. The molecule has 1 amide bonds. The van der Waals surface area contributed by atoms with Crippen molar-refractivity contribution in [2.45, 2.75) is 26.3 Å². The van der Waals surface area contributed by atoms with E-state index in [9.17, 15) is 4.79 Å². The highest BCUT2D eigenvalue weighted by Gasteiger charge is 2.30. The molecular formula is C26H24ClN3O4. The quantitative estimate of drug-likeness (QED) is 0.395. The number of nitrogens with zero attached hydrogens (tertiary/aromatic N) is 2. The Morgan fingerprint density at radius 1 is 1.15 bits per heavy atom. The number of carbonyl (C=O) groups excluding carboxylic acids is 1. The van der Waals surface area contributed by atoms with Crippen LogP contribution in [-0.2, 0) is 19.4 Å². The Morgan fingerprint density at radius 2 is 1.94 bits per heavy atom. The van der Waals surface area contributed by atoms with Crippen molar-refractivity contribution < 1.29 is 18.7 Å². The van der Waals surface area contributed by atoms with Crippen molar-refractivity contribution in [3.63, 3.8) is 0 Å². The number of fused-ring (bicyclic) bond motifs is 3. The molecule has 0 unspecified atom stereocenters. The monoisotopic (exact) mass is 477 g/mol. The SMILES string of the molecule is COc1ccc(OC)c(NC(=O)c2oc3c(c2C)-c2nn(Cc4ccc(Cl)cc4)cc2CC3)c1. The van der Waals surface area contributed by atoms with E-state index in [1.807, 2.05) is 35.9 Å². The van der Waals surface area contributed by atoms with Gasteiger partial charge in [-0.25, -0.2) is 0 Å². The summed E-state index contributed by atoms with van der Waals surface area (Å²) in [6, 6.07) is 13.0. The van der Waals surface area contributed by atoms with Gasteiger partial charge in [-0.15, -0.1) is 0 Å². The number of carbonyl (C=O) groups is 1. The number of nitrogens with one attached hydrogen (secondary N) is 1. The first-order valence-corrected chi connectivity index (χ1v) is 11.3. The van der Waals surface area contributed by atoms with Gasteiger partial charge >= 0.3 is 0 Å². The zero-order chi connectivity index (χ0) is 23.8. The lowest BCUT2D eigenvalue weighted by atomic mass is 9.93. The van der Waals surface area contributed by atoms with Gasteiger partial charge in [0.25, 0.3) is 5.91 Å². The summed E-state index contributed by atoms with van der Waals surface area (Å²) < 4.78 is 18.6. The molecule has 5 rings (SSSR count). The van der Waals surface area contributed by atoms with Crippen molar-refractivity contribution >= 4 is 23.2 Å². The van der Waals surface area contributed by atoms with Crippen LogP contribution in [0.5, 0.6) is 11.5 Å². The van der Waals surface area contributed by atoms with Crippen LogP contribution >= 0.6 is 11.6 Å². The van der Waals surface area contributed by atoms with Gasteiger partial charge in [0.1, 0.15) is 17.3 Å². The number of benzene rings is 2. The molecule has 34 heavy (non-hydrogen) atoms. The largest absolute Gasteiger partial charge is 0.497 e. The maximum absolute atomic E-state index is 13.2. The molecule has 0 bridgehead atoms. The third-order valence-corrected chi connectivity index (χ3v) is 6.29. The van der Waals surface area contributed by atoms with Crippen molar-refractivity contribution in [1.82, 2.24) is 9.78 Å². The number of aryl methyl sites for hydroxylation is 2. The number of anilines is 1. The van der Waals surface area contributed by atoms with Crippen LogP contribution in [-0.4, -0.2) is 29.9 Å². The lowest BCUT2D eigenvalue weighted by molar-refractivity contribution is 0.0993. The van der Waals surface area contributed by atoms with Crippen LogP contribution in [0.15, 0.2) is 53.1 Å². The minimum Gasteiger partial charge on any atom is -0.497 e. The lowest BCUT2D eigenvalue weighted by Crippen LogP contribution is -2.13. The Morgan fingerprint density at radius 3 is 2.68 bits per heavy atom. The summed E-state index contributed by atoms with van der Waals surface area (Å²) in [5.41, 5.74) is 5.31. The van der Waals surface area contributed by atoms with Gasteiger partial charge in [0.15, 0.2) is 5.76 Å². The molecule has 8 heteroatoms. The molecule has 0 saturated carbocycles. The fourth-order valence-electron chi connectivity index (χ4n) is 4.33. The first kappa shape index (κ1) is 22.1. The van der Waals surface area contributed by atoms with Gasteiger partial charge in [-0.2, -0.15) is 5.10 Å². The molecule has 1 aliphatic carbocycles. The Hall–Kier alpha value is -3.71. The number of halogens is 1. The first-order valence-electron chi connectivity index (χ1n) is 10.9. The predicted molar refractivity (Wildman–Crippen MR) is 130 cm³/mol. The summed E-state index contributed by atoms with van der Waals surface area (Å²) in [6.45, 7) is 2.53. The Bertz CT molecular complexity index is 1370. The predicted octanol–water partition coefficient (Wildman–Crippen LogP) is 5.52. The van der Waals surface area contributed by atoms with E-state index in [1.165, 1.54) is 0 Å². The number of hydrogen-bond acceptors (Lipinski definition) is 5. The molecule has 174 valence electrons. The number of furan rings is 1. The molecule has 2 aromatic carbocycles. The third kappa shape index (κ3) is 4.03. The van der Waals surface area contributed by atoms with Crippen molar-refractivity contribution in [3.05, 3.63) is 81.9 Å². The van der Waals surface area contributed by atoms with Crippen molar-refractivity contribution in [3.8, 4) is 22.8 Å². The van der Waals surface area contributed by atoms with E-state index >= 15 is 0 Å². The van der Waals surface area contributed by atoms with E-state index in [4.69, 9.17) is 30.6 Å². The molecule has 1 aliphatic rings. The lowest BCUT2D eigenvalue weighted by Gasteiger charge is -2.11.